The van der Waals surface area contributed by atoms with Crippen molar-refractivity contribution in [3.63, 3.8) is 0 Å². The van der Waals surface area contributed by atoms with E-state index in [0.717, 1.165) is 6.42 Å². The molecule has 2 unspecified atom stereocenters. The summed E-state index contributed by atoms with van der Waals surface area (Å²) in [6.45, 7) is 0. The van der Waals surface area contributed by atoms with Crippen LogP contribution in [0.2, 0.25) is 0 Å². The molecule has 2 aliphatic heterocycles. The molecule has 14 heavy (non-hydrogen) atoms. The van der Waals surface area contributed by atoms with E-state index < -0.39 is 0 Å². The number of likely N-dealkylation sites (N-methyl/N-ethyl adjacent to an activating group) is 1. The number of pyridine rings is 1. The van der Waals surface area contributed by atoms with Crippen LogP contribution in [0.5, 0.6) is 0 Å². The molecule has 0 aliphatic carbocycles. The SMILES string of the molecule is CN1C2CCC1c1ccc(=O)[nH]c1C2. The summed E-state index contributed by atoms with van der Waals surface area (Å²) < 4.78 is 0. The summed E-state index contributed by atoms with van der Waals surface area (Å²) >= 11 is 0. The molecule has 0 amide bonds. The molecule has 3 heterocycles. The summed E-state index contributed by atoms with van der Waals surface area (Å²) in [7, 11) is 2.19. The minimum atomic E-state index is 0.0349. The summed E-state index contributed by atoms with van der Waals surface area (Å²) in [6, 6.07) is 4.83. The highest BCUT2D eigenvalue weighted by atomic mass is 16.1. The summed E-state index contributed by atoms with van der Waals surface area (Å²) in [5.41, 5.74) is 2.54. The quantitative estimate of drug-likeness (QED) is 0.664. The predicted molar refractivity (Wildman–Crippen MR) is 54.3 cm³/mol. The molecule has 1 saturated heterocycles. The number of nitrogens with one attached hydrogen (secondary N) is 1. The van der Waals surface area contributed by atoms with Crippen LogP contribution in [0.25, 0.3) is 0 Å². The van der Waals surface area contributed by atoms with Gasteiger partial charge in [-0.25, -0.2) is 0 Å². The smallest absolute Gasteiger partial charge is 0.248 e. The number of H-pyrrole nitrogens is 1. The highest BCUT2D eigenvalue weighted by molar-refractivity contribution is 5.29. The van der Waals surface area contributed by atoms with Gasteiger partial charge < -0.3 is 4.98 Å². The fraction of sp³-hybridized carbons (Fsp3) is 0.545. The molecule has 74 valence electrons. The second-order valence-electron chi connectivity index (χ2n) is 4.37. The van der Waals surface area contributed by atoms with Gasteiger partial charge in [0.25, 0.3) is 0 Å². The lowest BCUT2D eigenvalue weighted by molar-refractivity contribution is 0.222. The maximum absolute atomic E-state index is 11.2. The lowest BCUT2D eigenvalue weighted by Gasteiger charge is -2.32. The maximum atomic E-state index is 11.2. The third kappa shape index (κ3) is 0.989. The Kier molecular flexibility index (Phi) is 1.59. The van der Waals surface area contributed by atoms with Crippen LogP contribution in [0, 0.1) is 0 Å². The molecule has 2 aliphatic rings. The number of hydrogen-bond acceptors (Lipinski definition) is 2. The average Bonchev–Trinajstić information content (AvgIpc) is 2.44. The topological polar surface area (TPSA) is 36.1 Å². The monoisotopic (exact) mass is 190 g/mol. The van der Waals surface area contributed by atoms with Gasteiger partial charge in [0, 0.05) is 30.3 Å². The Labute approximate surface area is 82.8 Å². The van der Waals surface area contributed by atoms with Gasteiger partial charge in [-0.2, -0.15) is 0 Å². The first-order valence-electron chi connectivity index (χ1n) is 5.20. The molecule has 3 heteroatoms. The number of aromatic amines is 1. The zero-order valence-corrected chi connectivity index (χ0v) is 8.29. The fourth-order valence-corrected chi connectivity index (χ4v) is 2.88. The standard InChI is InChI=1S/C11H14N2O/c1-13-7-2-4-10(13)8-3-5-11(14)12-9(8)6-7/h3,5,7,10H,2,4,6H2,1H3,(H,12,14). The largest absolute Gasteiger partial charge is 0.326 e. The highest BCUT2D eigenvalue weighted by Crippen LogP contribution is 2.41. The molecule has 3 nitrogen and oxygen atoms in total. The van der Waals surface area contributed by atoms with Crippen molar-refractivity contribution in [3.8, 4) is 0 Å². The Morgan fingerprint density at radius 3 is 3.14 bits per heavy atom. The number of hydrogen-bond donors (Lipinski definition) is 1. The summed E-state index contributed by atoms with van der Waals surface area (Å²) in [5, 5.41) is 0. The maximum Gasteiger partial charge on any atom is 0.248 e. The van der Waals surface area contributed by atoms with E-state index >= 15 is 0 Å². The van der Waals surface area contributed by atoms with Gasteiger partial charge in [0.15, 0.2) is 0 Å². The van der Waals surface area contributed by atoms with Crippen LogP contribution in [0.4, 0.5) is 0 Å². The number of fused-ring (bicyclic) bond motifs is 4. The number of nitrogens with zero attached hydrogens (tertiary/aromatic N) is 1. The Bertz CT molecular complexity index is 424. The van der Waals surface area contributed by atoms with Crippen LogP contribution in [0.1, 0.15) is 30.1 Å². The van der Waals surface area contributed by atoms with Gasteiger partial charge in [-0.05, 0) is 25.5 Å². The summed E-state index contributed by atoms with van der Waals surface area (Å²) in [6.07, 6.45) is 3.51. The Balaban J connectivity index is 2.16. The normalized spacial score (nSPS) is 30.4. The molecule has 1 aromatic rings. The molecule has 2 atom stereocenters. The predicted octanol–water partition coefficient (Wildman–Crippen LogP) is 1.07. The molecule has 0 saturated carbocycles. The molecule has 0 spiro atoms. The Morgan fingerprint density at radius 1 is 1.43 bits per heavy atom. The van der Waals surface area contributed by atoms with Crippen LogP contribution in [0.3, 0.4) is 0 Å². The van der Waals surface area contributed by atoms with Crippen LogP contribution < -0.4 is 5.56 Å². The molecule has 1 aromatic heterocycles. The first-order valence-corrected chi connectivity index (χ1v) is 5.20. The van der Waals surface area contributed by atoms with Crippen LogP contribution >= 0.6 is 0 Å². The van der Waals surface area contributed by atoms with Gasteiger partial charge in [-0.15, -0.1) is 0 Å². The van der Waals surface area contributed by atoms with Crippen LogP contribution in [0.15, 0.2) is 16.9 Å². The molecular formula is C11H14N2O. The van der Waals surface area contributed by atoms with Crippen molar-refractivity contribution >= 4 is 0 Å². The Morgan fingerprint density at radius 2 is 2.29 bits per heavy atom. The fourth-order valence-electron chi connectivity index (χ4n) is 2.88. The van der Waals surface area contributed by atoms with Crippen LogP contribution in [-0.4, -0.2) is 23.0 Å². The molecule has 0 aromatic carbocycles. The molecule has 1 N–H and O–H groups in total. The van der Waals surface area contributed by atoms with Crippen LogP contribution in [-0.2, 0) is 6.42 Å². The summed E-state index contributed by atoms with van der Waals surface area (Å²) in [4.78, 5) is 16.6. The molecule has 1 fully saturated rings. The van der Waals surface area contributed by atoms with E-state index in [4.69, 9.17) is 0 Å². The van der Waals surface area contributed by atoms with Crippen molar-refractivity contribution in [2.45, 2.75) is 31.3 Å². The van der Waals surface area contributed by atoms with Gasteiger partial charge in [0.05, 0.1) is 0 Å². The first-order chi connectivity index (χ1) is 6.75. The van der Waals surface area contributed by atoms with Gasteiger partial charge >= 0.3 is 0 Å². The first kappa shape index (κ1) is 8.24. The summed E-state index contributed by atoms with van der Waals surface area (Å²) in [5.74, 6) is 0. The van der Waals surface area contributed by atoms with Crippen molar-refractivity contribution in [2.75, 3.05) is 7.05 Å². The van der Waals surface area contributed by atoms with Crippen molar-refractivity contribution in [1.29, 1.82) is 0 Å². The van der Waals surface area contributed by atoms with Crippen molar-refractivity contribution in [3.05, 3.63) is 33.7 Å². The average molecular weight is 190 g/mol. The highest BCUT2D eigenvalue weighted by Gasteiger charge is 2.37. The molecule has 0 radical (unpaired) electrons. The number of aromatic nitrogens is 1. The van der Waals surface area contributed by atoms with Crippen molar-refractivity contribution in [1.82, 2.24) is 9.88 Å². The zero-order chi connectivity index (χ0) is 9.71. The number of rotatable bonds is 0. The van der Waals surface area contributed by atoms with Gasteiger partial charge in [-0.1, -0.05) is 6.07 Å². The van der Waals surface area contributed by atoms with Gasteiger partial charge in [0.2, 0.25) is 5.56 Å². The van der Waals surface area contributed by atoms with E-state index in [2.05, 4.69) is 16.9 Å². The van der Waals surface area contributed by atoms with E-state index in [1.54, 1.807) is 6.07 Å². The lowest BCUT2D eigenvalue weighted by atomic mass is 9.99. The lowest BCUT2D eigenvalue weighted by Crippen LogP contribution is -2.35. The van der Waals surface area contributed by atoms with E-state index in [9.17, 15) is 4.79 Å². The minimum absolute atomic E-state index is 0.0349. The van der Waals surface area contributed by atoms with Crippen molar-refractivity contribution in [2.24, 2.45) is 0 Å². The van der Waals surface area contributed by atoms with E-state index in [1.807, 2.05) is 6.07 Å². The second kappa shape index (κ2) is 2.70. The minimum Gasteiger partial charge on any atom is -0.326 e. The van der Waals surface area contributed by atoms with Crippen molar-refractivity contribution < 1.29 is 0 Å². The molecule has 3 rings (SSSR count). The van der Waals surface area contributed by atoms with E-state index in [-0.39, 0.29) is 5.56 Å². The van der Waals surface area contributed by atoms with E-state index in [0.29, 0.717) is 12.1 Å². The molecule has 2 bridgehead atoms. The third-order valence-electron chi connectivity index (χ3n) is 3.68. The van der Waals surface area contributed by atoms with Gasteiger partial charge in [-0.3, -0.25) is 9.69 Å². The zero-order valence-electron chi connectivity index (χ0n) is 8.29. The molecular weight excluding hydrogens is 176 g/mol. The Hall–Kier alpha value is -1.09. The van der Waals surface area contributed by atoms with E-state index in [1.165, 1.54) is 24.1 Å². The second-order valence-corrected chi connectivity index (χ2v) is 4.37. The van der Waals surface area contributed by atoms with Gasteiger partial charge in [0.1, 0.15) is 0 Å². The third-order valence-corrected chi connectivity index (χ3v) is 3.68.